The Morgan fingerprint density at radius 1 is 1.13 bits per heavy atom. The summed E-state index contributed by atoms with van der Waals surface area (Å²) in [5.41, 5.74) is -5.07. The van der Waals surface area contributed by atoms with Crippen molar-refractivity contribution in [2.24, 2.45) is 11.8 Å². The van der Waals surface area contributed by atoms with Crippen LogP contribution in [0.25, 0.3) is 0 Å². The largest absolute Gasteiger partial charge is 0.458 e. The number of alkyl halides is 6. The van der Waals surface area contributed by atoms with E-state index in [1.54, 1.807) is 6.92 Å². The van der Waals surface area contributed by atoms with E-state index in [9.17, 15) is 36.2 Å². The zero-order chi connectivity index (χ0) is 18.1. The lowest BCUT2D eigenvalue weighted by atomic mass is 9.84. The van der Waals surface area contributed by atoms with Crippen molar-refractivity contribution < 1.29 is 41.0 Å². The van der Waals surface area contributed by atoms with Gasteiger partial charge < -0.3 is 9.84 Å². The van der Waals surface area contributed by atoms with Gasteiger partial charge in [-0.05, 0) is 25.2 Å². The molecule has 1 fully saturated rings. The second-order valence-electron chi connectivity index (χ2n) is 5.97. The molecule has 0 radical (unpaired) electrons. The molecule has 1 aliphatic rings. The van der Waals surface area contributed by atoms with E-state index in [0.717, 1.165) is 0 Å². The van der Waals surface area contributed by atoms with Crippen molar-refractivity contribution in [1.82, 2.24) is 0 Å². The number of halogens is 6. The standard InChI is InChI=1S/C14H20F6O3/c1-3-8(2)11(21)23-10(9-6-4-5-7-9)12(22,13(15,16)17)14(18,19)20/h8-10,22H,3-7H2,1-2H3. The monoisotopic (exact) mass is 350 g/mol. The van der Waals surface area contributed by atoms with Crippen molar-refractivity contribution in [2.75, 3.05) is 0 Å². The molecule has 23 heavy (non-hydrogen) atoms. The van der Waals surface area contributed by atoms with E-state index in [4.69, 9.17) is 0 Å². The van der Waals surface area contributed by atoms with Crippen LogP contribution in [-0.2, 0) is 9.53 Å². The minimum absolute atomic E-state index is 0.0346. The molecule has 0 heterocycles. The third kappa shape index (κ3) is 3.92. The third-order valence-electron chi connectivity index (χ3n) is 4.36. The molecule has 0 aliphatic heterocycles. The number of carbonyl (C=O) groups is 1. The topological polar surface area (TPSA) is 46.5 Å². The summed E-state index contributed by atoms with van der Waals surface area (Å²) in [7, 11) is 0. The summed E-state index contributed by atoms with van der Waals surface area (Å²) in [5.74, 6) is -3.21. The van der Waals surface area contributed by atoms with Crippen LogP contribution in [0.1, 0.15) is 46.0 Å². The maximum absolute atomic E-state index is 13.1. The maximum Gasteiger partial charge on any atom is 0.430 e. The van der Waals surface area contributed by atoms with Crippen LogP contribution < -0.4 is 0 Å². The van der Waals surface area contributed by atoms with E-state index >= 15 is 0 Å². The van der Waals surface area contributed by atoms with Crippen molar-refractivity contribution in [3.05, 3.63) is 0 Å². The maximum atomic E-state index is 13.1. The zero-order valence-corrected chi connectivity index (χ0v) is 12.8. The summed E-state index contributed by atoms with van der Waals surface area (Å²) in [6.07, 6.45) is -13.6. The van der Waals surface area contributed by atoms with Gasteiger partial charge in [0, 0.05) is 0 Å². The fourth-order valence-corrected chi connectivity index (χ4v) is 2.67. The molecule has 0 saturated heterocycles. The van der Waals surface area contributed by atoms with E-state index in [1.165, 1.54) is 6.92 Å². The van der Waals surface area contributed by atoms with Crippen molar-refractivity contribution in [2.45, 2.75) is 70.0 Å². The van der Waals surface area contributed by atoms with E-state index in [0.29, 0.717) is 12.8 Å². The molecule has 136 valence electrons. The molecule has 0 aromatic heterocycles. The first-order valence-electron chi connectivity index (χ1n) is 7.42. The lowest BCUT2D eigenvalue weighted by Crippen LogP contribution is -2.67. The number of carbonyl (C=O) groups excluding carboxylic acids is 1. The second kappa shape index (κ2) is 6.86. The number of rotatable bonds is 5. The van der Waals surface area contributed by atoms with Gasteiger partial charge in [0.2, 0.25) is 0 Å². The number of esters is 1. The SMILES string of the molecule is CCC(C)C(=O)OC(C1CCCC1)C(O)(C(F)(F)F)C(F)(F)F. The predicted octanol–water partition coefficient (Wildman–Crippen LogP) is 3.99. The molecule has 2 unspecified atom stereocenters. The molecule has 1 aliphatic carbocycles. The Balaban J connectivity index is 3.27. The summed E-state index contributed by atoms with van der Waals surface area (Å²) in [6.45, 7) is 2.89. The van der Waals surface area contributed by atoms with Gasteiger partial charge in [-0.3, -0.25) is 4.79 Å². The van der Waals surface area contributed by atoms with E-state index in [2.05, 4.69) is 4.74 Å². The highest BCUT2D eigenvalue weighted by molar-refractivity contribution is 5.72. The fraction of sp³-hybridized carbons (Fsp3) is 0.929. The number of aliphatic hydroxyl groups is 1. The van der Waals surface area contributed by atoms with Crippen LogP contribution in [0.2, 0.25) is 0 Å². The van der Waals surface area contributed by atoms with E-state index in [1.807, 2.05) is 0 Å². The Morgan fingerprint density at radius 3 is 1.91 bits per heavy atom. The molecule has 0 bridgehead atoms. The van der Waals surface area contributed by atoms with Gasteiger partial charge in [0.1, 0.15) is 0 Å². The lowest BCUT2D eigenvalue weighted by Gasteiger charge is -2.40. The first-order chi connectivity index (χ1) is 10.4. The highest BCUT2D eigenvalue weighted by Crippen LogP contribution is 2.50. The fourth-order valence-electron chi connectivity index (χ4n) is 2.67. The summed E-state index contributed by atoms with van der Waals surface area (Å²) in [5, 5.41) is 9.58. The molecule has 1 rings (SSSR count). The Morgan fingerprint density at radius 2 is 1.57 bits per heavy atom. The van der Waals surface area contributed by atoms with Crippen molar-refractivity contribution >= 4 is 5.97 Å². The van der Waals surface area contributed by atoms with Crippen LogP contribution in [-0.4, -0.2) is 35.1 Å². The van der Waals surface area contributed by atoms with E-state index < -0.39 is 41.9 Å². The van der Waals surface area contributed by atoms with Gasteiger partial charge >= 0.3 is 18.3 Å². The van der Waals surface area contributed by atoms with Gasteiger partial charge in [0.05, 0.1) is 5.92 Å². The van der Waals surface area contributed by atoms with Crippen molar-refractivity contribution in [3.8, 4) is 0 Å². The summed E-state index contributed by atoms with van der Waals surface area (Å²) >= 11 is 0. The highest BCUT2D eigenvalue weighted by atomic mass is 19.4. The van der Waals surface area contributed by atoms with Crippen molar-refractivity contribution in [1.29, 1.82) is 0 Å². The average molecular weight is 350 g/mol. The van der Waals surface area contributed by atoms with Gasteiger partial charge in [-0.15, -0.1) is 0 Å². The summed E-state index contributed by atoms with van der Waals surface area (Å²) in [4.78, 5) is 11.8. The van der Waals surface area contributed by atoms with Crippen molar-refractivity contribution in [3.63, 3.8) is 0 Å². The normalized spacial score (nSPS) is 20.4. The Bertz CT molecular complexity index is 398. The number of hydrogen-bond donors (Lipinski definition) is 1. The van der Waals surface area contributed by atoms with Gasteiger partial charge in [-0.25, -0.2) is 0 Å². The first kappa shape index (κ1) is 20.1. The Hall–Kier alpha value is -0.990. The van der Waals surface area contributed by atoms with Crippen LogP contribution >= 0.6 is 0 Å². The van der Waals surface area contributed by atoms with Gasteiger partial charge in [-0.1, -0.05) is 26.7 Å². The Kier molecular flexibility index (Phi) is 5.98. The number of hydrogen-bond acceptors (Lipinski definition) is 3. The van der Waals surface area contributed by atoms with Gasteiger partial charge in [-0.2, -0.15) is 26.3 Å². The van der Waals surface area contributed by atoms with E-state index in [-0.39, 0.29) is 19.3 Å². The molecule has 0 aromatic carbocycles. The summed E-state index contributed by atoms with van der Waals surface area (Å²) in [6, 6.07) is 0. The highest BCUT2D eigenvalue weighted by Gasteiger charge is 2.76. The molecule has 0 spiro atoms. The quantitative estimate of drug-likeness (QED) is 0.602. The van der Waals surface area contributed by atoms with Crippen LogP contribution in [0.15, 0.2) is 0 Å². The molecule has 1 saturated carbocycles. The van der Waals surface area contributed by atoms with Gasteiger partial charge in [0.25, 0.3) is 5.60 Å². The molecule has 3 nitrogen and oxygen atoms in total. The molecular weight excluding hydrogens is 330 g/mol. The van der Waals surface area contributed by atoms with Crippen LogP contribution in [0, 0.1) is 11.8 Å². The zero-order valence-electron chi connectivity index (χ0n) is 12.8. The molecule has 1 N–H and O–H groups in total. The average Bonchev–Trinajstić information content (AvgIpc) is 2.93. The molecule has 0 amide bonds. The molecule has 2 atom stereocenters. The summed E-state index contributed by atoms with van der Waals surface area (Å²) < 4.78 is 83.0. The lowest BCUT2D eigenvalue weighted by molar-refractivity contribution is -0.396. The molecular formula is C14H20F6O3. The van der Waals surface area contributed by atoms with Crippen LogP contribution in [0.3, 0.4) is 0 Å². The smallest absolute Gasteiger partial charge is 0.430 e. The first-order valence-corrected chi connectivity index (χ1v) is 7.42. The molecule has 0 aromatic rings. The Labute approximate surface area is 130 Å². The minimum Gasteiger partial charge on any atom is -0.458 e. The predicted molar refractivity (Wildman–Crippen MR) is 68.4 cm³/mol. The van der Waals surface area contributed by atoms with Gasteiger partial charge in [0.15, 0.2) is 6.10 Å². The number of ether oxygens (including phenoxy) is 1. The van der Waals surface area contributed by atoms with Crippen LogP contribution in [0.4, 0.5) is 26.3 Å². The van der Waals surface area contributed by atoms with Crippen LogP contribution in [0.5, 0.6) is 0 Å². The second-order valence-corrected chi connectivity index (χ2v) is 5.97. The third-order valence-corrected chi connectivity index (χ3v) is 4.36. The minimum atomic E-state index is -6.01. The molecule has 9 heteroatoms.